The van der Waals surface area contributed by atoms with Crippen LogP contribution in [0.1, 0.15) is 17.3 Å². The maximum atomic E-state index is 12.7. The summed E-state index contributed by atoms with van der Waals surface area (Å²) in [5.74, 6) is -0.107. The molecule has 0 bridgehead atoms. The molecule has 0 spiro atoms. The first-order chi connectivity index (χ1) is 12.4. The Kier molecular flexibility index (Phi) is 5.45. The summed E-state index contributed by atoms with van der Waals surface area (Å²) in [6.45, 7) is 1.41. The third kappa shape index (κ3) is 4.14. The number of ketones is 1. The van der Waals surface area contributed by atoms with Crippen LogP contribution in [0.5, 0.6) is 0 Å². The van der Waals surface area contributed by atoms with E-state index in [1.807, 2.05) is 12.1 Å². The minimum Gasteiger partial charge on any atom is -0.293 e. The van der Waals surface area contributed by atoms with E-state index < -0.39 is 10.0 Å². The molecule has 0 saturated heterocycles. The van der Waals surface area contributed by atoms with Crippen LogP contribution in [0.4, 0.5) is 5.69 Å². The molecule has 1 aromatic heterocycles. The van der Waals surface area contributed by atoms with Crippen LogP contribution in [-0.4, -0.2) is 25.1 Å². The first kappa shape index (κ1) is 18.6. The third-order valence-corrected chi connectivity index (χ3v) is 6.95. The van der Waals surface area contributed by atoms with Crippen molar-refractivity contribution in [2.24, 2.45) is 0 Å². The monoisotopic (exact) mass is 405 g/mol. The Hall–Kier alpha value is -2.16. The molecule has 0 radical (unpaired) electrons. The molecule has 26 heavy (non-hydrogen) atoms. The van der Waals surface area contributed by atoms with Crippen LogP contribution < -0.4 is 4.72 Å². The largest absolute Gasteiger partial charge is 0.293 e. The first-order valence-electron chi connectivity index (χ1n) is 7.62. The molecule has 0 aliphatic heterocycles. The van der Waals surface area contributed by atoms with Gasteiger partial charge in [-0.25, -0.2) is 8.42 Å². The zero-order valence-electron chi connectivity index (χ0n) is 13.8. The van der Waals surface area contributed by atoms with Crippen molar-refractivity contribution in [2.75, 3.05) is 10.5 Å². The second kappa shape index (κ2) is 7.61. The van der Waals surface area contributed by atoms with Gasteiger partial charge in [0, 0.05) is 33.6 Å². The summed E-state index contributed by atoms with van der Waals surface area (Å²) in [6.07, 6.45) is 0. The number of fused-ring (bicyclic) bond motifs is 1. The molecule has 0 amide bonds. The number of rotatable bonds is 6. The maximum Gasteiger partial charge on any atom is 0.263 e. The number of hydrogen-bond acceptors (Lipinski definition) is 6. The van der Waals surface area contributed by atoms with E-state index in [0.717, 1.165) is 16.5 Å². The summed E-state index contributed by atoms with van der Waals surface area (Å²) in [5.41, 5.74) is 0.804. The van der Waals surface area contributed by atoms with Crippen molar-refractivity contribution >= 4 is 59.8 Å². The number of thiophene rings is 1. The van der Waals surface area contributed by atoms with Crippen LogP contribution in [0, 0.1) is 0 Å². The van der Waals surface area contributed by atoms with Crippen molar-refractivity contribution in [3.63, 3.8) is 0 Å². The fourth-order valence-electron chi connectivity index (χ4n) is 2.35. The number of hydrogen-bond donors (Lipinski definition) is 1. The fourth-order valence-corrected chi connectivity index (χ4v) is 5.41. The molecule has 5 nitrogen and oxygen atoms in total. The van der Waals surface area contributed by atoms with Gasteiger partial charge in [-0.2, -0.15) is 0 Å². The van der Waals surface area contributed by atoms with E-state index in [1.54, 1.807) is 29.6 Å². The van der Waals surface area contributed by atoms with Gasteiger partial charge in [0.1, 0.15) is 4.90 Å². The van der Waals surface area contributed by atoms with Crippen LogP contribution in [0.2, 0.25) is 0 Å². The predicted molar refractivity (Wildman–Crippen MR) is 107 cm³/mol. The van der Waals surface area contributed by atoms with Gasteiger partial charge in [-0.15, -0.1) is 11.3 Å². The smallest absolute Gasteiger partial charge is 0.263 e. The van der Waals surface area contributed by atoms with Crippen molar-refractivity contribution < 1.29 is 18.0 Å². The Labute approximate surface area is 159 Å². The van der Waals surface area contributed by atoms with E-state index >= 15 is 0 Å². The van der Waals surface area contributed by atoms with Gasteiger partial charge in [0.05, 0.1) is 5.75 Å². The Morgan fingerprint density at radius 2 is 1.77 bits per heavy atom. The lowest BCUT2D eigenvalue weighted by molar-refractivity contribution is -0.109. The number of anilines is 1. The number of benzene rings is 2. The third-order valence-electron chi connectivity index (χ3n) is 3.60. The van der Waals surface area contributed by atoms with E-state index in [1.165, 1.54) is 30.4 Å². The molecule has 0 saturated carbocycles. The number of carbonyl (C=O) groups excluding carboxylic acids is 2. The predicted octanol–water partition coefficient (Wildman–Crippen LogP) is 4.16. The highest BCUT2D eigenvalue weighted by Crippen LogP contribution is 2.30. The van der Waals surface area contributed by atoms with Crippen LogP contribution in [0.25, 0.3) is 10.1 Å². The molecule has 1 N–H and O–H groups in total. The highest BCUT2D eigenvalue weighted by Gasteiger charge is 2.19. The molecule has 2 aromatic carbocycles. The van der Waals surface area contributed by atoms with Gasteiger partial charge in [0.15, 0.2) is 10.9 Å². The molecule has 0 fully saturated rings. The summed E-state index contributed by atoms with van der Waals surface area (Å²) in [7, 11) is -3.72. The lowest BCUT2D eigenvalue weighted by Gasteiger charge is -2.08. The molecule has 134 valence electrons. The number of Topliss-reactive ketones (excluding diaryl/α,β-unsaturated/α-hetero) is 1. The number of nitrogens with one attached hydrogen (secondary N) is 1. The SMILES string of the molecule is CC(=O)SCC(=O)c1ccc(NS(=O)(=O)c2csc3ccccc23)cc1. The van der Waals surface area contributed by atoms with Crippen molar-refractivity contribution in [2.45, 2.75) is 11.8 Å². The molecule has 1 heterocycles. The van der Waals surface area contributed by atoms with Crippen molar-refractivity contribution in [3.8, 4) is 0 Å². The molecule has 0 aliphatic rings. The normalized spacial score (nSPS) is 11.4. The minimum absolute atomic E-state index is 0.0707. The molecule has 0 aliphatic carbocycles. The topological polar surface area (TPSA) is 80.3 Å². The van der Waals surface area contributed by atoms with Gasteiger partial charge < -0.3 is 0 Å². The number of sulfonamides is 1. The lowest BCUT2D eigenvalue weighted by Crippen LogP contribution is -2.12. The Bertz CT molecular complexity index is 1070. The van der Waals surface area contributed by atoms with Gasteiger partial charge in [-0.05, 0) is 30.3 Å². The summed E-state index contributed by atoms with van der Waals surface area (Å²) < 4.78 is 28.8. The molecular weight excluding hydrogens is 390 g/mol. The van der Waals surface area contributed by atoms with E-state index in [2.05, 4.69) is 4.72 Å². The fraction of sp³-hybridized carbons (Fsp3) is 0.111. The van der Waals surface area contributed by atoms with Crippen molar-refractivity contribution in [1.82, 2.24) is 0 Å². The van der Waals surface area contributed by atoms with Crippen LogP contribution in [-0.2, 0) is 14.8 Å². The standard InChI is InChI=1S/C18H15NO4S3/c1-12(20)24-10-16(21)13-6-8-14(9-7-13)19-26(22,23)18-11-25-17-5-3-2-4-15(17)18/h2-9,11,19H,10H2,1H3. The average molecular weight is 406 g/mol. The zero-order chi connectivity index (χ0) is 18.7. The molecule has 8 heteroatoms. The average Bonchev–Trinajstić information content (AvgIpc) is 3.05. The molecule has 0 atom stereocenters. The number of carbonyl (C=O) groups is 2. The second-order valence-corrected chi connectivity index (χ2v) is 9.20. The van der Waals surface area contributed by atoms with E-state index in [0.29, 0.717) is 16.6 Å². The Morgan fingerprint density at radius 3 is 2.46 bits per heavy atom. The van der Waals surface area contributed by atoms with E-state index in [9.17, 15) is 18.0 Å². The van der Waals surface area contributed by atoms with Crippen molar-refractivity contribution in [3.05, 3.63) is 59.5 Å². The molecule has 3 rings (SSSR count). The maximum absolute atomic E-state index is 12.7. The summed E-state index contributed by atoms with van der Waals surface area (Å²) in [5, 5.41) is 2.17. The number of thioether (sulfide) groups is 1. The van der Waals surface area contributed by atoms with E-state index in [-0.39, 0.29) is 21.5 Å². The minimum atomic E-state index is -3.72. The van der Waals surface area contributed by atoms with Crippen LogP contribution in [0.3, 0.4) is 0 Å². The van der Waals surface area contributed by atoms with Gasteiger partial charge in [0.25, 0.3) is 10.0 Å². The molecule has 0 unspecified atom stereocenters. The molecular formula is C18H15NO4S3. The highest BCUT2D eigenvalue weighted by molar-refractivity contribution is 8.14. The second-order valence-electron chi connectivity index (χ2n) is 5.48. The molecule has 3 aromatic rings. The summed E-state index contributed by atoms with van der Waals surface area (Å²) in [6, 6.07) is 13.5. The summed E-state index contributed by atoms with van der Waals surface area (Å²) in [4.78, 5) is 23.1. The van der Waals surface area contributed by atoms with Crippen LogP contribution in [0.15, 0.2) is 58.8 Å². The summed E-state index contributed by atoms with van der Waals surface area (Å²) >= 11 is 2.32. The van der Waals surface area contributed by atoms with Gasteiger partial charge in [0.2, 0.25) is 0 Å². The van der Waals surface area contributed by atoms with E-state index in [4.69, 9.17) is 0 Å². The van der Waals surface area contributed by atoms with Crippen LogP contribution >= 0.6 is 23.1 Å². The Morgan fingerprint density at radius 1 is 1.08 bits per heavy atom. The highest BCUT2D eigenvalue weighted by atomic mass is 32.2. The Balaban J connectivity index is 1.78. The van der Waals surface area contributed by atoms with Gasteiger partial charge in [-0.1, -0.05) is 30.0 Å². The van der Waals surface area contributed by atoms with Gasteiger partial charge >= 0.3 is 0 Å². The van der Waals surface area contributed by atoms with Gasteiger partial charge in [-0.3, -0.25) is 14.3 Å². The van der Waals surface area contributed by atoms with Crippen molar-refractivity contribution in [1.29, 1.82) is 0 Å². The quantitative estimate of drug-likeness (QED) is 0.623. The lowest BCUT2D eigenvalue weighted by atomic mass is 10.1. The first-order valence-corrected chi connectivity index (χ1v) is 11.0. The zero-order valence-corrected chi connectivity index (χ0v) is 16.2.